The highest BCUT2D eigenvalue weighted by atomic mass is 127. The number of para-hydroxylation sites is 1. The Labute approximate surface area is 140 Å². The lowest BCUT2D eigenvalue weighted by Crippen LogP contribution is -2.15. The number of halogens is 1. The first-order chi connectivity index (χ1) is 10.5. The van der Waals surface area contributed by atoms with Crippen LogP contribution in [0.25, 0.3) is 11.0 Å². The predicted molar refractivity (Wildman–Crippen MR) is 94.3 cm³/mol. The first-order valence-electron chi connectivity index (χ1n) is 6.65. The minimum Gasteiger partial charge on any atom is -0.451 e. The largest absolute Gasteiger partial charge is 0.451 e. The molecule has 1 heterocycles. The molecule has 0 radical (unpaired) electrons. The number of hydrogen-bond acceptors (Lipinski definition) is 3. The van der Waals surface area contributed by atoms with Crippen molar-refractivity contribution in [1.29, 1.82) is 0 Å². The molecule has 22 heavy (non-hydrogen) atoms. The third-order valence-electron chi connectivity index (χ3n) is 3.30. The van der Waals surface area contributed by atoms with Gasteiger partial charge in [0.1, 0.15) is 5.58 Å². The van der Waals surface area contributed by atoms with Crippen LogP contribution in [0.3, 0.4) is 0 Å². The zero-order chi connectivity index (χ0) is 15.7. The number of benzene rings is 2. The smallest absolute Gasteiger partial charge is 0.291 e. The van der Waals surface area contributed by atoms with Gasteiger partial charge in [-0.25, -0.2) is 0 Å². The number of anilines is 1. The summed E-state index contributed by atoms with van der Waals surface area (Å²) in [5.74, 6) is -0.436. The number of fused-ring (bicyclic) bond motifs is 1. The van der Waals surface area contributed by atoms with Gasteiger partial charge in [-0.1, -0.05) is 12.1 Å². The Balaban J connectivity index is 1.97. The van der Waals surface area contributed by atoms with Crippen molar-refractivity contribution in [3.8, 4) is 0 Å². The Bertz CT molecular complexity index is 931. The van der Waals surface area contributed by atoms with E-state index in [2.05, 4.69) is 27.9 Å². The molecule has 4 nitrogen and oxygen atoms in total. The van der Waals surface area contributed by atoms with E-state index in [9.17, 15) is 9.59 Å². The average Bonchev–Trinajstić information content (AvgIpc) is 2.50. The second kappa shape index (κ2) is 5.92. The molecule has 0 saturated carbocycles. The third kappa shape index (κ3) is 2.89. The topological polar surface area (TPSA) is 59.3 Å². The van der Waals surface area contributed by atoms with E-state index in [0.717, 1.165) is 9.13 Å². The average molecular weight is 405 g/mol. The van der Waals surface area contributed by atoms with Gasteiger partial charge >= 0.3 is 0 Å². The Kier molecular flexibility index (Phi) is 3.98. The first kappa shape index (κ1) is 14.8. The molecule has 0 bridgehead atoms. The highest BCUT2D eigenvalue weighted by Gasteiger charge is 2.13. The van der Waals surface area contributed by atoms with Crippen LogP contribution in [0.15, 0.2) is 57.7 Å². The number of rotatable bonds is 2. The van der Waals surface area contributed by atoms with Crippen molar-refractivity contribution >= 4 is 45.2 Å². The van der Waals surface area contributed by atoms with Gasteiger partial charge in [0, 0.05) is 15.3 Å². The van der Waals surface area contributed by atoms with Gasteiger partial charge in [-0.15, -0.1) is 0 Å². The molecule has 0 aliphatic carbocycles. The Morgan fingerprint density at radius 3 is 2.68 bits per heavy atom. The van der Waals surface area contributed by atoms with Gasteiger partial charge in [0.15, 0.2) is 11.2 Å². The fraction of sp³-hybridized carbons (Fsp3) is 0.0588. The van der Waals surface area contributed by atoms with Crippen LogP contribution in [0.1, 0.15) is 16.1 Å². The molecule has 1 amide bonds. The van der Waals surface area contributed by atoms with Gasteiger partial charge in [-0.05, 0) is 65.4 Å². The minimum absolute atomic E-state index is 0.00153. The molecule has 0 aliphatic heterocycles. The summed E-state index contributed by atoms with van der Waals surface area (Å²) < 4.78 is 6.61. The molecule has 0 fully saturated rings. The molecule has 2 aromatic carbocycles. The number of carbonyl (C=O) groups excluding carboxylic acids is 1. The second-order valence-corrected chi connectivity index (χ2v) is 6.13. The monoisotopic (exact) mass is 405 g/mol. The normalized spacial score (nSPS) is 10.6. The van der Waals surface area contributed by atoms with Crippen molar-refractivity contribution in [2.45, 2.75) is 6.92 Å². The van der Waals surface area contributed by atoms with Crippen LogP contribution in [0.4, 0.5) is 5.69 Å². The number of aryl methyl sites for hydroxylation is 1. The maximum atomic E-state index is 12.3. The Morgan fingerprint density at radius 1 is 1.14 bits per heavy atom. The van der Waals surface area contributed by atoms with Gasteiger partial charge in [0.05, 0.1) is 5.39 Å². The minimum atomic E-state index is -0.438. The summed E-state index contributed by atoms with van der Waals surface area (Å²) in [6.07, 6.45) is 0. The van der Waals surface area contributed by atoms with Crippen LogP contribution in [-0.2, 0) is 0 Å². The van der Waals surface area contributed by atoms with Crippen LogP contribution in [-0.4, -0.2) is 5.91 Å². The summed E-state index contributed by atoms with van der Waals surface area (Å²) in [5.41, 5.74) is 1.82. The van der Waals surface area contributed by atoms with E-state index in [-0.39, 0.29) is 11.2 Å². The summed E-state index contributed by atoms with van der Waals surface area (Å²) >= 11 is 2.21. The van der Waals surface area contributed by atoms with E-state index in [0.29, 0.717) is 16.7 Å². The molecular formula is C17H12INO3. The first-order valence-corrected chi connectivity index (χ1v) is 7.73. The molecule has 0 unspecified atom stereocenters. The van der Waals surface area contributed by atoms with Gasteiger partial charge in [0.25, 0.3) is 5.91 Å². The molecule has 1 aromatic heterocycles. The van der Waals surface area contributed by atoms with Crippen molar-refractivity contribution in [3.63, 3.8) is 0 Å². The standard InChI is InChI=1S/C17H12INO3/c1-10-8-11(18)6-7-13(10)19-17(21)16-9-14(20)12-4-2-3-5-15(12)22-16/h2-9H,1H3,(H,19,21). The third-order valence-corrected chi connectivity index (χ3v) is 3.97. The van der Waals surface area contributed by atoms with E-state index < -0.39 is 5.91 Å². The summed E-state index contributed by atoms with van der Waals surface area (Å²) in [6.45, 7) is 1.91. The quantitative estimate of drug-likeness (QED) is 0.657. The van der Waals surface area contributed by atoms with Gasteiger partial charge in [0.2, 0.25) is 0 Å². The van der Waals surface area contributed by atoms with E-state index in [1.165, 1.54) is 6.07 Å². The molecule has 3 aromatic rings. The van der Waals surface area contributed by atoms with Crippen LogP contribution >= 0.6 is 22.6 Å². The van der Waals surface area contributed by atoms with E-state index in [4.69, 9.17) is 4.42 Å². The second-order valence-electron chi connectivity index (χ2n) is 4.88. The van der Waals surface area contributed by atoms with Crippen molar-refractivity contribution in [1.82, 2.24) is 0 Å². The number of amides is 1. The number of carbonyl (C=O) groups is 1. The molecule has 0 aliphatic rings. The Hall–Kier alpha value is -2.15. The summed E-state index contributed by atoms with van der Waals surface area (Å²) in [5, 5.41) is 3.23. The number of hydrogen-bond donors (Lipinski definition) is 1. The van der Waals surface area contributed by atoms with E-state index in [1.54, 1.807) is 24.3 Å². The fourth-order valence-electron chi connectivity index (χ4n) is 2.17. The van der Waals surface area contributed by atoms with Gasteiger partial charge < -0.3 is 9.73 Å². The SMILES string of the molecule is Cc1cc(I)ccc1NC(=O)c1cc(=O)c2ccccc2o1. The van der Waals surface area contributed by atoms with Gasteiger partial charge in [-0.3, -0.25) is 9.59 Å². The zero-order valence-electron chi connectivity index (χ0n) is 11.7. The highest BCUT2D eigenvalue weighted by molar-refractivity contribution is 14.1. The lowest BCUT2D eigenvalue weighted by molar-refractivity contribution is 0.0997. The van der Waals surface area contributed by atoms with Crippen LogP contribution < -0.4 is 10.7 Å². The van der Waals surface area contributed by atoms with Crippen LogP contribution in [0, 0.1) is 10.5 Å². The molecule has 1 N–H and O–H groups in total. The van der Waals surface area contributed by atoms with Crippen molar-refractivity contribution in [2.24, 2.45) is 0 Å². The van der Waals surface area contributed by atoms with Crippen molar-refractivity contribution in [3.05, 3.63) is 73.6 Å². The summed E-state index contributed by atoms with van der Waals surface area (Å²) in [7, 11) is 0. The van der Waals surface area contributed by atoms with Crippen molar-refractivity contribution < 1.29 is 9.21 Å². The van der Waals surface area contributed by atoms with Crippen molar-refractivity contribution in [2.75, 3.05) is 5.32 Å². The molecule has 0 spiro atoms. The Morgan fingerprint density at radius 2 is 1.91 bits per heavy atom. The van der Waals surface area contributed by atoms with Crippen LogP contribution in [0.5, 0.6) is 0 Å². The van der Waals surface area contributed by atoms with E-state index >= 15 is 0 Å². The van der Waals surface area contributed by atoms with E-state index in [1.807, 2.05) is 25.1 Å². The maximum Gasteiger partial charge on any atom is 0.291 e. The summed E-state index contributed by atoms with van der Waals surface area (Å²) in [4.78, 5) is 24.3. The fourth-order valence-corrected chi connectivity index (χ4v) is 2.81. The molecule has 0 saturated heterocycles. The highest BCUT2D eigenvalue weighted by Crippen LogP contribution is 2.19. The molecule has 3 rings (SSSR count). The summed E-state index contributed by atoms with van der Waals surface area (Å²) in [6, 6.07) is 13.8. The predicted octanol–water partition coefficient (Wildman–Crippen LogP) is 3.96. The molecular weight excluding hydrogens is 393 g/mol. The molecule has 5 heteroatoms. The molecule has 110 valence electrons. The lowest BCUT2D eigenvalue weighted by atomic mass is 10.2. The lowest BCUT2D eigenvalue weighted by Gasteiger charge is -2.08. The van der Waals surface area contributed by atoms with Crippen LogP contribution in [0.2, 0.25) is 0 Å². The number of nitrogens with one attached hydrogen (secondary N) is 1. The maximum absolute atomic E-state index is 12.3. The zero-order valence-corrected chi connectivity index (χ0v) is 13.9. The van der Waals surface area contributed by atoms with Gasteiger partial charge in [-0.2, -0.15) is 0 Å². The molecule has 0 atom stereocenters.